The maximum Gasteiger partial charge on any atom is 0.172 e. The van der Waals surface area contributed by atoms with E-state index in [9.17, 15) is 4.39 Å². The first-order chi connectivity index (χ1) is 9.11. The zero-order valence-corrected chi connectivity index (χ0v) is 11.2. The fourth-order valence-electron chi connectivity index (χ4n) is 1.84. The average molecular weight is 279 g/mol. The Hall–Kier alpha value is -2.08. The molecule has 2 rings (SSSR count). The molecule has 0 bridgehead atoms. The Morgan fingerprint density at radius 3 is 2.89 bits per heavy atom. The van der Waals surface area contributed by atoms with Gasteiger partial charge in [-0.3, -0.25) is 0 Å². The monoisotopic (exact) mass is 279 g/mol. The van der Waals surface area contributed by atoms with Gasteiger partial charge in [-0.05, 0) is 40.6 Å². The third-order valence-corrected chi connectivity index (χ3v) is 3.49. The Bertz CT molecular complexity index is 584. The highest BCUT2D eigenvalue weighted by Crippen LogP contribution is 2.22. The van der Waals surface area contributed by atoms with Gasteiger partial charge in [-0.15, -0.1) is 0 Å². The van der Waals surface area contributed by atoms with Gasteiger partial charge in [-0.1, -0.05) is 5.16 Å². The van der Waals surface area contributed by atoms with Crippen LogP contribution < -0.4 is 10.6 Å². The van der Waals surface area contributed by atoms with E-state index >= 15 is 0 Å². The fraction of sp³-hybridized carbons (Fsp3) is 0.154. The zero-order chi connectivity index (χ0) is 13.8. The number of nitrogens with zero attached hydrogens (tertiary/aromatic N) is 2. The summed E-state index contributed by atoms with van der Waals surface area (Å²) in [6.07, 6.45) is 0. The van der Waals surface area contributed by atoms with Crippen molar-refractivity contribution in [2.45, 2.75) is 6.54 Å². The van der Waals surface area contributed by atoms with Crippen LogP contribution in [0.2, 0.25) is 0 Å². The highest BCUT2D eigenvalue weighted by molar-refractivity contribution is 7.07. The standard InChI is InChI=1S/C13H14FN3OS/c1-17(7-9-4-5-19-8-9)12-3-2-10(14)6-11(12)13(15)16-18/h2-6,8,18H,7H2,1H3,(H2,15,16). The van der Waals surface area contributed by atoms with E-state index in [1.165, 1.54) is 12.1 Å². The molecule has 0 radical (unpaired) electrons. The average Bonchev–Trinajstić information content (AvgIpc) is 2.90. The van der Waals surface area contributed by atoms with Crippen LogP contribution in [0.5, 0.6) is 0 Å². The highest BCUT2D eigenvalue weighted by Gasteiger charge is 2.12. The Labute approximate surface area is 114 Å². The minimum absolute atomic E-state index is 0.105. The van der Waals surface area contributed by atoms with Crippen LogP contribution in [0.25, 0.3) is 0 Å². The van der Waals surface area contributed by atoms with Crippen molar-refractivity contribution in [3.8, 4) is 0 Å². The molecule has 0 unspecified atom stereocenters. The first-order valence-corrected chi connectivity index (χ1v) is 6.55. The molecule has 0 fully saturated rings. The topological polar surface area (TPSA) is 61.8 Å². The molecule has 0 saturated heterocycles. The van der Waals surface area contributed by atoms with Crippen molar-refractivity contribution in [2.24, 2.45) is 10.9 Å². The van der Waals surface area contributed by atoms with Gasteiger partial charge in [0, 0.05) is 24.8 Å². The minimum Gasteiger partial charge on any atom is -0.409 e. The van der Waals surface area contributed by atoms with Crippen molar-refractivity contribution < 1.29 is 9.60 Å². The fourth-order valence-corrected chi connectivity index (χ4v) is 2.50. The van der Waals surface area contributed by atoms with E-state index in [1.807, 2.05) is 28.8 Å². The molecule has 1 aromatic heterocycles. The Morgan fingerprint density at radius 1 is 1.47 bits per heavy atom. The maximum absolute atomic E-state index is 13.3. The largest absolute Gasteiger partial charge is 0.409 e. The van der Waals surface area contributed by atoms with Crippen molar-refractivity contribution >= 4 is 22.9 Å². The quantitative estimate of drug-likeness (QED) is 0.391. The van der Waals surface area contributed by atoms with Crippen LogP contribution in [0.15, 0.2) is 40.2 Å². The van der Waals surface area contributed by atoms with Crippen LogP contribution in [-0.2, 0) is 6.54 Å². The van der Waals surface area contributed by atoms with Gasteiger partial charge in [0.1, 0.15) is 5.82 Å². The van der Waals surface area contributed by atoms with Crippen molar-refractivity contribution in [1.29, 1.82) is 0 Å². The lowest BCUT2D eigenvalue weighted by molar-refractivity contribution is 0.318. The summed E-state index contributed by atoms with van der Waals surface area (Å²) < 4.78 is 13.3. The molecule has 3 N–H and O–H groups in total. The van der Waals surface area contributed by atoms with Crippen LogP contribution >= 0.6 is 11.3 Å². The molecule has 100 valence electrons. The lowest BCUT2D eigenvalue weighted by Gasteiger charge is -2.21. The van der Waals surface area contributed by atoms with Gasteiger partial charge in [0.2, 0.25) is 0 Å². The van der Waals surface area contributed by atoms with E-state index in [4.69, 9.17) is 10.9 Å². The lowest BCUT2D eigenvalue weighted by atomic mass is 10.1. The van der Waals surface area contributed by atoms with Crippen LogP contribution in [0.1, 0.15) is 11.1 Å². The summed E-state index contributed by atoms with van der Waals surface area (Å²) in [5.74, 6) is -0.527. The van der Waals surface area contributed by atoms with Gasteiger partial charge < -0.3 is 15.8 Å². The molecule has 0 aliphatic carbocycles. The predicted octanol–water partition coefficient (Wildman–Crippen LogP) is 2.62. The third-order valence-electron chi connectivity index (χ3n) is 2.75. The molecule has 0 saturated carbocycles. The second-order valence-corrected chi connectivity index (χ2v) is 4.91. The maximum atomic E-state index is 13.3. The van der Waals surface area contributed by atoms with Crippen molar-refractivity contribution in [2.75, 3.05) is 11.9 Å². The molecule has 4 nitrogen and oxygen atoms in total. The van der Waals surface area contributed by atoms with Crippen molar-refractivity contribution in [3.63, 3.8) is 0 Å². The van der Waals surface area contributed by atoms with Gasteiger partial charge in [-0.2, -0.15) is 11.3 Å². The van der Waals surface area contributed by atoms with Crippen LogP contribution in [0, 0.1) is 5.82 Å². The molecule has 1 aromatic carbocycles. The van der Waals surface area contributed by atoms with Gasteiger partial charge in [0.05, 0.1) is 0 Å². The summed E-state index contributed by atoms with van der Waals surface area (Å²) in [6.45, 7) is 0.668. The number of amidine groups is 1. The molecule has 2 aromatic rings. The minimum atomic E-state index is -0.422. The van der Waals surface area contributed by atoms with Crippen molar-refractivity contribution in [1.82, 2.24) is 0 Å². The predicted molar refractivity (Wildman–Crippen MR) is 75.3 cm³/mol. The molecule has 0 spiro atoms. The van der Waals surface area contributed by atoms with Gasteiger partial charge in [0.25, 0.3) is 0 Å². The number of oxime groups is 1. The summed E-state index contributed by atoms with van der Waals surface area (Å²) in [7, 11) is 1.87. The highest BCUT2D eigenvalue weighted by atomic mass is 32.1. The van der Waals surface area contributed by atoms with E-state index in [-0.39, 0.29) is 5.84 Å². The van der Waals surface area contributed by atoms with Crippen LogP contribution in [0.4, 0.5) is 10.1 Å². The number of nitrogens with two attached hydrogens (primary N) is 1. The van der Waals surface area contributed by atoms with E-state index in [1.54, 1.807) is 17.4 Å². The van der Waals surface area contributed by atoms with Crippen LogP contribution in [-0.4, -0.2) is 18.1 Å². The number of benzene rings is 1. The molecule has 6 heteroatoms. The Balaban J connectivity index is 2.33. The molecular weight excluding hydrogens is 265 g/mol. The summed E-state index contributed by atoms with van der Waals surface area (Å²) in [6, 6.07) is 6.25. The number of anilines is 1. The molecule has 0 amide bonds. The molecular formula is C13H14FN3OS. The molecule has 0 aliphatic rings. The smallest absolute Gasteiger partial charge is 0.172 e. The number of hydrogen-bond acceptors (Lipinski definition) is 4. The first-order valence-electron chi connectivity index (χ1n) is 5.61. The van der Waals surface area contributed by atoms with Crippen LogP contribution in [0.3, 0.4) is 0 Å². The number of halogens is 1. The van der Waals surface area contributed by atoms with Gasteiger partial charge in [0.15, 0.2) is 5.84 Å². The second-order valence-electron chi connectivity index (χ2n) is 4.13. The SMILES string of the molecule is CN(Cc1ccsc1)c1ccc(F)cc1C(N)=NO. The summed E-state index contributed by atoms with van der Waals surface area (Å²) >= 11 is 1.62. The van der Waals surface area contributed by atoms with Gasteiger partial charge >= 0.3 is 0 Å². The van der Waals surface area contributed by atoms with E-state index < -0.39 is 5.82 Å². The first kappa shape index (κ1) is 13.4. The van der Waals surface area contributed by atoms with E-state index in [2.05, 4.69) is 5.16 Å². The summed E-state index contributed by atoms with van der Waals surface area (Å²) in [5, 5.41) is 15.8. The second kappa shape index (κ2) is 5.71. The summed E-state index contributed by atoms with van der Waals surface area (Å²) in [5.41, 5.74) is 7.82. The normalized spacial score (nSPS) is 11.6. The van der Waals surface area contributed by atoms with E-state index in [0.29, 0.717) is 17.8 Å². The molecule has 0 atom stereocenters. The lowest BCUT2D eigenvalue weighted by Crippen LogP contribution is -2.22. The van der Waals surface area contributed by atoms with Crippen molar-refractivity contribution in [3.05, 3.63) is 52.0 Å². The number of thiophene rings is 1. The number of rotatable bonds is 4. The Kier molecular flexibility index (Phi) is 4.01. The zero-order valence-electron chi connectivity index (χ0n) is 10.4. The van der Waals surface area contributed by atoms with E-state index in [0.717, 1.165) is 5.56 Å². The summed E-state index contributed by atoms with van der Waals surface area (Å²) in [4.78, 5) is 1.93. The molecule has 1 heterocycles. The van der Waals surface area contributed by atoms with Gasteiger partial charge in [-0.25, -0.2) is 4.39 Å². The Morgan fingerprint density at radius 2 is 2.26 bits per heavy atom. The molecule has 19 heavy (non-hydrogen) atoms. The molecule has 0 aliphatic heterocycles. The number of hydrogen-bond donors (Lipinski definition) is 2. The third kappa shape index (κ3) is 3.03.